The number of hydrogen-bond acceptors (Lipinski definition) is 2. The topological polar surface area (TPSA) is 37.4 Å². The van der Waals surface area contributed by atoms with E-state index in [0.29, 0.717) is 18.9 Å². The van der Waals surface area contributed by atoms with Gasteiger partial charge >= 0.3 is 0 Å². The first-order valence-corrected chi connectivity index (χ1v) is 6.64. The molecule has 5 heteroatoms. The van der Waals surface area contributed by atoms with E-state index in [9.17, 15) is 18.4 Å². The van der Waals surface area contributed by atoms with Gasteiger partial charge in [-0.3, -0.25) is 9.59 Å². The molecule has 0 saturated carbocycles. The lowest BCUT2D eigenvalue weighted by Crippen LogP contribution is -2.31. The second kappa shape index (κ2) is 5.69. The molecule has 0 bridgehead atoms. The lowest BCUT2D eigenvalue weighted by Gasteiger charge is -2.17. The van der Waals surface area contributed by atoms with Crippen LogP contribution in [0.1, 0.15) is 30.6 Å². The number of nitrogens with zero attached hydrogens (tertiary/aromatic N) is 1. The maximum Gasteiger partial charge on any atom is 0.223 e. The standard InChI is InChI=1S/C15H17F2NO2/c1-9(2)11-6-15(20)18(7-11)8-14(19)10-3-4-12(16)13(17)5-10/h3-5,9,11H,6-8H2,1-2H3. The second-order valence-corrected chi connectivity index (χ2v) is 5.53. The Hall–Kier alpha value is -1.78. The van der Waals surface area contributed by atoms with E-state index in [1.54, 1.807) is 0 Å². The fraction of sp³-hybridized carbons (Fsp3) is 0.467. The molecule has 1 amide bonds. The number of Topliss-reactive ketones (excluding diaryl/α,β-unsaturated/α-hetero) is 1. The SMILES string of the molecule is CC(C)C1CC(=O)N(CC(=O)c2ccc(F)c(F)c2)C1. The zero-order valence-electron chi connectivity index (χ0n) is 11.5. The zero-order valence-corrected chi connectivity index (χ0v) is 11.5. The summed E-state index contributed by atoms with van der Waals surface area (Å²) >= 11 is 0. The molecule has 1 fully saturated rings. The van der Waals surface area contributed by atoms with Gasteiger partial charge in [-0.1, -0.05) is 13.8 Å². The third-order valence-electron chi connectivity index (χ3n) is 3.76. The molecule has 1 aromatic carbocycles. The van der Waals surface area contributed by atoms with Crippen molar-refractivity contribution in [2.75, 3.05) is 13.1 Å². The number of likely N-dealkylation sites (tertiary alicyclic amines) is 1. The van der Waals surface area contributed by atoms with E-state index in [1.807, 2.05) is 13.8 Å². The summed E-state index contributed by atoms with van der Waals surface area (Å²) in [5.74, 6) is -1.84. The molecule has 0 aliphatic carbocycles. The highest BCUT2D eigenvalue weighted by atomic mass is 19.2. The minimum Gasteiger partial charge on any atom is -0.335 e. The van der Waals surface area contributed by atoms with Gasteiger partial charge in [0.1, 0.15) is 0 Å². The van der Waals surface area contributed by atoms with Crippen LogP contribution in [0.15, 0.2) is 18.2 Å². The van der Waals surface area contributed by atoms with Crippen LogP contribution in [0.4, 0.5) is 8.78 Å². The van der Waals surface area contributed by atoms with Crippen molar-refractivity contribution >= 4 is 11.7 Å². The van der Waals surface area contributed by atoms with Crippen LogP contribution in [0.25, 0.3) is 0 Å². The van der Waals surface area contributed by atoms with Gasteiger partial charge in [0.05, 0.1) is 6.54 Å². The highest BCUT2D eigenvalue weighted by molar-refractivity contribution is 5.99. The average molecular weight is 281 g/mol. The van der Waals surface area contributed by atoms with Gasteiger partial charge < -0.3 is 4.90 Å². The fourth-order valence-corrected chi connectivity index (χ4v) is 2.34. The fourth-order valence-electron chi connectivity index (χ4n) is 2.34. The first-order chi connectivity index (χ1) is 9.38. The highest BCUT2D eigenvalue weighted by Crippen LogP contribution is 2.24. The summed E-state index contributed by atoms with van der Waals surface area (Å²) < 4.78 is 25.9. The maximum absolute atomic E-state index is 13.1. The number of ketones is 1. The largest absolute Gasteiger partial charge is 0.335 e. The summed E-state index contributed by atoms with van der Waals surface area (Å²) in [5.41, 5.74) is 0.0877. The monoisotopic (exact) mass is 281 g/mol. The smallest absolute Gasteiger partial charge is 0.223 e. The van der Waals surface area contributed by atoms with Crippen LogP contribution >= 0.6 is 0 Å². The first kappa shape index (κ1) is 14.6. The summed E-state index contributed by atoms with van der Waals surface area (Å²) in [7, 11) is 0. The summed E-state index contributed by atoms with van der Waals surface area (Å²) in [6, 6.07) is 3.03. The molecule has 20 heavy (non-hydrogen) atoms. The number of halogens is 2. The van der Waals surface area contributed by atoms with Gasteiger partial charge in [0.15, 0.2) is 17.4 Å². The number of benzene rings is 1. The average Bonchev–Trinajstić information content (AvgIpc) is 2.74. The van der Waals surface area contributed by atoms with Gasteiger partial charge in [-0.2, -0.15) is 0 Å². The van der Waals surface area contributed by atoms with E-state index in [1.165, 1.54) is 11.0 Å². The third kappa shape index (κ3) is 3.03. The molecule has 0 radical (unpaired) electrons. The van der Waals surface area contributed by atoms with Crippen molar-refractivity contribution in [2.45, 2.75) is 20.3 Å². The molecule has 1 aromatic rings. The van der Waals surface area contributed by atoms with Crippen molar-refractivity contribution in [2.24, 2.45) is 11.8 Å². The summed E-state index contributed by atoms with van der Waals surface area (Å²) in [4.78, 5) is 25.3. The summed E-state index contributed by atoms with van der Waals surface area (Å²) in [6.45, 7) is 4.55. The molecular formula is C15H17F2NO2. The molecule has 0 spiro atoms. The van der Waals surface area contributed by atoms with E-state index in [2.05, 4.69) is 0 Å². The number of amides is 1. The van der Waals surface area contributed by atoms with Gasteiger partial charge in [0.25, 0.3) is 0 Å². The van der Waals surface area contributed by atoms with Gasteiger partial charge in [-0.25, -0.2) is 8.78 Å². The Morgan fingerprint density at radius 1 is 1.35 bits per heavy atom. The molecule has 0 N–H and O–H groups in total. The Kier molecular flexibility index (Phi) is 4.16. The van der Waals surface area contributed by atoms with Gasteiger partial charge in [-0.15, -0.1) is 0 Å². The molecule has 0 aromatic heterocycles. The van der Waals surface area contributed by atoms with Crippen LogP contribution in [0.3, 0.4) is 0 Å². The molecule has 1 atom stereocenters. The van der Waals surface area contributed by atoms with Crippen molar-refractivity contribution in [3.05, 3.63) is 35.4 Å². The minimum absolute atomic E-state index is 0.0559. The van der Waals surface area contributed by atoms with Crippen molar-refractivity contribution in [1.82, 2.24) is 4.90 Å². The zero-order chi connectivity index (χ0) is 14.9. The van der Waals surface area contributed by atoms with Crippen molar-refractivity contribution < 1.29 is 18.4 Å². The van der Waals surface area contributed by atoms with Gasteiger partial charge in [0.2, 0.25) is 5.91 Å². The highest BCUT2D eigenvalue weighted by Gasteiger charge is 2.32. The third-order valence-corrected chi connectivity index (χ3v) is 3.76. The molecule has 1 heterocycles. The van der Waals surface area contributed by atoms with E-state index in [4.69, 9.17) is 0 Å². The number of carbonyl (C=O) groups is 2. The first-order valence-electron chi connectivity index (χ1n) is 6.64. The Labute approximate surface area is 116 Å². The Bertz CT molecular complexity index is 543. The Morgan fingerprint density at radius 2 is 2.05 bits per heavy atom. The van der Waals surface area contributed by atoms with E-state index >= 15 is 0 Å². The predicted octanol–water partition coefficient (Wildman–Crippen LogP) is 2.65. The van der Waals surface area contributed by atoms with Crippen LogP contribution < -0.4 is 0 Å². The summed E-state index contributed by atoms with van der Waals surface area (Å²) in [5, 5.41) is 0. The molecule has 108 valence electrons. The summed E-state index contributed by atoms with van der Waals surface area (Å²) in [6.07, 6.45) is 0.447. The van der Waals surface area contributed by atoms with E-state index < -0.39 is 11.6 Å². The number of carbonyl (C=O) groups excluding carboxylic acids is 2. The molecule has 3 nitrogen and oxygen atoms in total. The van der Waals surface area contributed by atoms with Gasteiger partial charge in [0, 0.05) is 18.5 Å². The van der Waals surface area contributed by atoms with Crippen LogP contribution in [0, 0.1) is 23.5 Å². The van der Waals surface area contributed by atoms with E-state index in [0.717, 1.165) is 12.1 Å². The number of hydrogen-bond donors (Lipinski definition) is 0. The van der Waals surface area contributed by atoms with Crippen LogP contribution in [-0.2, 0) is 4.79 Å². The predicted molar refractivity (Wildman–Crippen MR) is 70.2 cm³/mol. The Morgan fingerprint density at radius 3 is 2.60 bits per heavy atom. The quantitative estimate of drug-likeness (QED) is 0.796. The Balaban J connectivity index is 2.04. The van der Waals surface area contributed by atoms with Crippen LogP contribution in [0.2, 0.25) is 0 Å². The minimum atomic E-state index is -1.05. The van der Waals surface area contributed by atoms with E-state index in [-0.39, 0.29) is 29.7 Å². The second-order valence-electron chi connectivity index (χ2n) is 5.53. The van der Waals surface area contributed by atoms with Crippen molar-refractivity contribution in [3.63, 3.8) is 0 Å². The van der Waals surface area contributed by atoms with Crippen LogP contribution in [-0.4, -0.2) is 29.7 Å². The lowest BCUT2D eigenvalue weighted by atomic mass is 9.95. The van der Waals surface area contributed by atoms with Crippen LogP contribution in [0.5, 0.6) is 0 Å². The normalized spacial score (nSPS) is 18.9. The molecule has 1 aliphatic heterocycles. The molecule has 1 aliphatic rings. The van der Waals surface area contributed by atoms with Crippen molar-refractivity contribution in [1.29, 1.82) is 0 Å². The molecule has 2 rings (SSSR count). The van der Waals surface area contributed by atoms with Gasteiger partial charge in [-0.05, 0) is 30.0 Å². The van der Waals surface area contributed by atoms with Crippen molar-refractivity contribution in [3.8, 4) is 0 Å². The maximum atomic E-state index is 13.1. The number of rotatable bonds is 4. The molecular weight excluding hydrogens is 264 g/mol. The molecule has 1 saturated heterocycles. The lowest BCUT2D eigenvalue weighted by molar-refractivity contribution is -0.127. The molecule has 1 unspecified atom stereocenters.